The largest absolute Gasteiger partial charge is 0.338 e. The lowest BCUT2D eigenvalue weighted by Crippen LogP contribution is -2.24. The summed E-state index contributed by atoms with van der Waals surface area (Å²) in [7, 11) is 1.79. The molecule has 0 unspecified atom stereocenters. The van der Waals surface area contributed by atoms with Gasteiger partial charge in [-0.2, -0.15) is 0 Å². The second kappa shape index (κ2) is 7.64. The lowest BCUT2D eigenvalue weighted by molar-refractivity contribution is -0.125. The van der Waals surface area contributed by atoms with Gasteiger partial charge in [-0.05, 0) is 52.1 Å². The van der Waals surface area contributed by atoms with E-state index in [0.717, 1.165) is 16.7 Å². The number of carbonyl (C=O) groups excluding carboxylic acids is 2. The van der Waals surface area contributed by atoms with Gasteiger partial charge >= 0.3 is 0 Å². The quantitative estimate of drug-likeness (QED) is 0.710. The SMILES string of the molecule is CN(Cc1ccc2ccccc2c1)C(=O)/C=C/c1cnc2c(c1)CCC(=O)N2. The van der Waals surface area contributed by atoms with E-state index in [1.54, 1.807) is 30.3 Å². The van der Waals surface area contributed by atoms with E-state index in [1.165, 1.54) is 10.8 Å². The number of likely N-dealkylation sites (N-methyl/N-ethyl adjacent to an activating group) is 1. The van der Waals surface area contributed by atoms with Crippen LogP contribution in [0.1, 0.15) is 23.1 Å². The number of rotatable bonds is 4. The number of carbonyl (C=O) groups is 2. The molecule has 2 aromatic carbocycles. The summed E-state index contributed by atoms with van der Waals surface area (Å²) in [6.45, 7) is 0.544. The van der Waals surface area contributed by atoms with Crippen molar-refractivity contribution in [2.75, 3.05) is 12.4 Å². The molecule has 1 aliphatic heterocycles. The number of anilines is 1. The molecule has 5 heteroatoms. The summed E-state index contributed by atoms with van der Waals surface area (Å²) in [5.41, 5.74) is 2.94. The summed E-state index contributed by atoms with van der Waals surface area (Å²) in [5.74, 6) is 0.543. The Kier molecular flexibility index (Phi) is 4.89. The second-order valence-electron chi connectivity index (χ2n) is 7.03. The standard InChI is InChI=1S/C23H21N3O2/c1-26(15-17-6-8-18-4-2-3-5-19(18)13-17)22(28)11-7-16-12-20-9-10-21(27)25-23(20)24-14-16/h2-8,11-14H,9-10,15H2,1H3,(H,24,25,27)/b11-7+. The Morgan fingerprint density at radius 2 is 1.96 bits per heavy atom. The Hall–Kier alpha value is -3.47. The molecule has 3 aromatic rings. The van der Waals surface area contributed by atoms with Gasteiger partial charge in [0.25, 0.3) is 0 Å². The number of aromatic nitrogens is 1. The van der Waals surface area contributed by atoms with Crippen LogP contribution in [0.5, 0.6) is 0 Å². The fourth-order valence-corrected chi connectivity index (χ4v) is 3.35. The highest BCUT2D eigenvalue weighted by molar-refractivity contribution is 5.94. The number of amides is 2. The number of benzene rings is 2. The maximum absolute atomic E-state index is 12.5. The van der Waals surface area contributed by atoms with Crippen molar-refractivity contribution in [1.82, 2.24) is 9.88 Å². The van der Waals surface area contributed by atoms with Crippen LogP contribution in [0.4, 0.5) is 5.82 Å². The van der Waals surface area contributed by atoms with Crippen LogP contribution in [0, 0.1) is 0 Å². The minimum atomic E-state index is -0.0702. The first-order valence-electron chi connectivity index (χ1n) is 9.28. The van der Waals surface area contributed by atoms with Gasteiger partial charge in [-0.3, -0.25) is 9.59 Å². The maximum atomic E-state index is 12.5. The van der Waals surface area contributed by atoms with Crippen LogP contribution in [0.2, 0.25) is 0 Å². The highest BCUT2D eigenvalue weighted by atomic mass is 16.2. The smallest absolute Gasteiger partial charge is 0.246 e. The van der Waals surface area contributed by atoms with Crippen LogP contribution in [0.15, 0.2) is 60.8 Å². The van der Waals surface area contributed by atoms with E-state index in [4.69, 9.17) is 0 Å². The molecule has 0 radical (unpaired) electrons. The zero-order chi connectivity index (χ0) is 19.5. The third-order valence-electron chi connectivity index (χ3n) is 4.90. The van der Waals surface area contributed by atoms with Crippen LogP contribution in [-0.2, 0) is 22.6 Å². The number of fused-ring (bicyclic) bond motifs is 2. The predicted molar refractivity (Wildman–Crippen MR) is 111 cm³/mol. The molecule has 0 spiro atoms. The molecule has 4 rings (SSSR count). The van der Waals surface area contributed by atoms with Gasteiger partial charge in [-0.25, -0.2) is 4.98 Å². The van der Waals surface area contributed by atoms with E-state index in [-0.39, 0.29) is 11.8 Å². The third-order valence-corrected chi connectivity index (χ3v) is 4.90. The molecule has 2 heterocycles. The second-order valence-corrected chi connectivity index (χ2v) is 7.03. The topological polar surface area (TPSA) is 62.3 Å². The average molecular weight is 371 g/mol. The van der Waals surface area contributed by atoms with Crippen LogP contribution in [0.25, 0.3) is 16.8 Å². The summed E-state index contributed by atoms with van der Waals surface area (Å²) in [5, 5.41) is 5.12. The number of nitrogens with one attached hydrogen (secondary N) is 1. The lowest BCUT2D eigenvalue weighted by Gasteiger charge is -2.16. The molecule has 0 saturated carbocycles. The summed E-state index contributed by atoms with van der Waals surface area (Å²) >= 11 is 0. The van der Waals surface area contributed by atoms with Gasteiger partial charge in [-0.15, -0.1) is 0 Å². The van der Waals surface area contributed by atoms with Gasteiger partial charge in [0.2, 0.25) is 11.8 Å². The van der Waals surface area contributed by atoms with Crippen LogP contribution < -0.4 is 5.32 Å². The highest BCUT2D eigenvalue weighted by Crippen LogP contribution is 2.21. The monoisotopic (exact) mass is 371 g/mol. The van der Waals surface area contributed by atoms with E-state index in [1.807, 2.05) is 18.2 Å². The third kappa shape index (κ3) is 3.93. The summed E-state index contributed by atoms with van der Waals surface area (Å²) in [6.07, 6.45) is 6.13. The molecule has 0 atom stereocenters. The van der Waals surface area contributed by atoms with Crippen LogP contribution in [-0.4, -0.2) is 28.7 Å². The van der Waals surface area contributed by atoms with Gasteiger partial charge in [0, 0.05) is 32.3 Å². The first-order chi connectivity index (χ1) is 13.6. The molecule has 1 N–H and O–H groups in total. The van der Waals surface area contributed by atoms with Crippen LogP contribution >= 0.6 is 0 Å². The average Bonchev–Trinajstić information content (AvgIpc) is 2.71. The molecule has 28 heavy (non-hydrogen) atoms. The summed E-state index contributed by atoms with van der Waals surface area (Å²) < 4.78 is 0. The van der Waals surface area contributed by atoms with E-state index in [0.29, 0.717) is 25.2 Å². The summed E-state index contributed by atoms with van der Waals surface area (Å²) in [6, 6.07) is 16.4. The van der Waals surface area contributed by atoms with Crippen molar-refractivity contribution < 1.29 is 9.59 Å². The zero-order valence-corrected chi connectivity index (χ0v) is 15.7. The molecule has 5 nitrogen and oxygen atoms in total. The fraction of sp³-hybridized carbons (Fsp3) is 0.174. The van der Waals surface area contributed by atoms with Crippen molar-refractivity contribution in [3.63, 3.8) is 0 Å². The minimum absolute atomic E-state index is 0.00575. The number of pyridine rings is 1. The molecule has 0 aliphatic carbocycles. The molecular formula is C23H21N3O2. The zero-order valence-electron chi connectivity index (χ0n) is 15.7. The minimum Gasteiger partial charge on any atom is -0.338 e. The molecule has 2 amide bonds. The Bertz CT molecular complexity index is 1090. The predicted octanol–water partition coefficient (Wildman–Crippen LogP) is 3.79. The molecule has 140 valence electrons. The molecular weight excluding hydrogens is 350 g/mol. The summed E-state index contributed by atoms with van der Waals surface area (Å²) in [4.78, 5) is 29.9. The molecule has 1 aliphatic rings. The van der Waals surface area contributed by atoms with Crippen LogP contribution in [0.3, 0.4) is 0 Å². The van der Waals surface area contributed by atoms with Gasteiger partial charge < -0.3 is 10.2 Å². The van der Waals surface area contributed by atoms with E-state index in [2.05, 4.69) is 40.6 Å². The van der Waals surface area contributed by atoms with E-state index in [9.17, 15) is 9.59 Å². The fourth-order valence-electron chi connectivity index (χ4n) is 3.35. The van der Waals surface area contributed by atoms with Crippen molar-refractivity contribution in [2.45, 2.75) is 19.4 Å². The van der Waals surface area contributed by atoms with Crippen molar-refractivity contribution >= 4 is 34.5 Å². The lowest BCUT2D eigenvalue weighted by atomic mass is 10.0. The highest BCUT2D eigenvalue weighted by Gasteiger charge is 2.15. The maximum Gasteiger partial charge on any atom is 0.246 e. The number of hydrogen-bond acceptors (Lipinski definition) is 3. The Labute approximate surface area is 163 Å². The first kappa shape index (κ1) is 17.9. The molecule has 1 aromatic heterocycles. The van der Waals surface area contributed by atoms with Gasteiger partial charge in [-0.1, -0.05) is 36.4 Å². The Morgan fingerprint density at radius 1 is 1.14 bits per heavy atom. The van der Waals surface area contributed by atoms with Gasteiger partial charge in [0.05, 0.1) is 0 Å². The molecule has 0 bridgehead atoms. The van der Waals surface area contributed by atoms with Crippen molar-refractivity contribution in [2.24, 2.45) is 0 Å². The molecule has 0 fully saturated rings. The molecule has 0 saturated heterocycles. The van der Waals surface area contributed by atoms with Gasteiger partial charge in [0.15, 0.2) is 0 Å². The van der Waals surface area contributed by atoms with E-state index < -0.39 is 0 Å². The number of nitrogens with zero attached hydrogens (tertiary/aromatic N) is 2. The first-order valence-corrected chi connectivity index (χ1v) is 9.28. The Balaban J connectivity index is 1.43. The normalized spacial score (nSPS) is 13.4. The van der Waals surface area contributed by atoms with Crippen molar-refractivity contribution in [3.05, 3.63) is 77.5 Å². The number of hydrogen-bond donors (Lipinski definition) is 1. The van der Waals surface area contributed by atoms with Gasteiger partial charge in [0.1, 0.15) is 5.82 Å². The number of aryl methyl sites for hydroxylation is 1. The van der Waals surface area contributed by atoms with Crippen molar-refractivity contribution in [3.8, 4) is 0 Å². The van der Waals surface area contributed by atoms with Crippen molar-refractivity contribution in [1.29, 1.82) is 0 Å². The van der Waals surface area contributed by atoms with E-state index >= 15 is 0 Å². The Morgan fingerprint density at radius 3 is 2.82 bits per heavy atom.